The topological polar surface area (TPSA) is 64.8 Å². The molecule has 0 aliphatic carbocycles. The molecule has 6 nitrogen and oxygen atoms in total. The number of aromatic nitrogens is 1. The van der Waals surface area contributed by atoms with Gasteiger partial charge in [0.2, 0.25) is 0 Å². The molecule has 0 spiro atoms. The standard InChI is InChI=1S/C24H22N2O4S/c1-26(15-17-11-7-12-18(28-2)21(17)29-3)24(27)22-20(16-9-5-4-6-10-16)25-23(31-22)19-13-8-14-30-19/h4-14H,15H2,1-3H3. The van der Waals surface area contributed by atoms with Crippen molar-refractivity contribution in [1.82, 2.24) is 9.88 Å². The number of furan rings is 1. The Balaban J connectivity index is 1.69. The first-order valence-corrected chi connectivity index (χ1v) is 10.5. The van der Waals surface area contributed by atoms with Crippen LogP contribution in [0, 0.1) is 0 Å². The van der Waals surface area contributed by atoms with Gasteiger partial charge in [0.15, 0.2) is 22.3 Å². The number of amides is 1. The van der Waals surface area contributed by atoms with Gasteiger partial charge in [-0.15, -0.1) is 11.3 Å². The highest BCUT2D eigenvalue weighted by Gasteiger charge is 2.24. The molecule has 0 saturated heterocycles. The Morgan fingerprint density at radius 3 is 2.52 bits per heavy atom. The maximum Gasteiger partial charge on any atom is 0.266 e. The van der Waals surface area contributed by atoms with Gasteiger partial charge in [-0.3, -0.25) is 4.79 Å². The van der Waals surface area contributed by atoms with Crippen molar-refractivity contribution in [2.24, 2.45) is 0 Å². The van der Waals surface area contributed by atoms with Gasteiger partial charge in [0.05, 0.1) is 26.2 Å². The van der Waals surface area contributed by atoms with Crippen LogP contribution >= 0.6 is 11.3 Å². The van der Waals surface area contributed by atoms with E-state index in [4.69, 9.17) is 18.9 Å². The number of carbonyl (C=O) groups excluding carboxylic acids is 1. The van der Waals surface area contributed by atoms with E-state index >= 15 is 0 Å². The number of thiazole rings is 1. The lowest BCUT2D eigenvalue weighted by Crippen LogP contribution is -2.26. The maximum atomic E-state index is 13.5. The highest BCUT2D eigenvalue weighted by molar-refractivity contribution is 7.17. The molecule has 0 unspecified atom stereocenters. The van der Waals surface area contributed by atoms with Crippen molar-refractivity contribution < 1.29 is 18.7 Å². The van der Waals surface area contributed by atoms with E-state index < -0.39 is 0 Å². The minimum Gasteiger partial charge on any atom is -0.493 e. The normalized spacial score (nSPS) is 10.7. The first-order valence-electron chi connectivity index (χ1n) is 9.67. The van der Waals surface area contributed by atoms with Gasteiger partial charge in [0.25, 0.3) is 5.91 Å². The zero-order chi connectivity index (χ0) is 21.8. The van der Waals surface area contributed by atoms with Crippen molar-refractivity contribution in [3.63, 3.8) is 0 Å². The highest BCUT2D eigenvalue weighted by Crippen LogP contribution is 2.36. The maximum absolute atomic E-state index is 13.5. The fourth-order valence-electron chi connectivity index (χ4n) is 3.34. The van der Waals surface area contributed by atoms with Crippen molar-refractivity contribution in [3.8, 4) is 33.5 Å². The molecule has 0 N–H and O–H groups in total. The van der Waals surface area contributed by atoms with Gasteiger partial charge in [-0.05, 0) is 18.2 Å². The van der Waals surface area contributed by atoms with Crippen LogP contribution in [0.25, 0.3) is 22.0 Å². The summed E-state index contributed by atoms with van der Waals surface area (Å²) < 4.78 is 16.4. The molecule has 4 rings (SSSR count). The zero-order valence-corrected chi connectivity index (χ0v) is 18.3. The lowest BCUT2D eigenvalue weighted by atomic mass is 10.1. The average Bonchev–Trinajstić information content (AvgIpc) is 3.49. The lowest BCUT2D eigenvalue weighted by molar-refractivity contribution is 0.0789. The van der Waals surface area contributed by atoms with E-state index in [2.05, 4.69) is 0 Å². The molecule has 0 aliphatic rings. The quantitative estimate of drug-likeness (QED) is 0.392. The molecule has 2 aromatic heterocycles. The van der Waals surface area contributed by atoms with Gasteiger partial charge in [0.1, 0.15) is 4.88 Å². The fourth-order valence-corrected chi connectivity index (χ4v) is 4.39. The molecule has 158 valence electrons. The van der Waals surface area contributed by atoms with E-state index in [-0.39, 0.29) is 5.91 Å². The van der Waals surface area contributed by atoms with Crippen LogP contribution in [0.3, 0.4) is 0 Å². The monoisotopic (exact) mass is 434 g/mol. The van der Waals surface area contributed by atoms with Crippen molar-refractivity contribution in [2.45, 2.75) is 6.54 Å². The summed E-state index contributed by atoms with van der Waals surface area (Å²) in [4.78, 5) is 20.4. The smallest absolute Gasteiger partial charge is 0.266 e. The second-order valence-electron chi connectivity index (χ2n) is 6.85. The molecule has 0 saturated carbocycles. The van der Waals surface area contributed by atoms with Crippen LogP contribution in [0.15, 0.2) is 71.3 Å². The predicted octanol–water partition coefficient (Wildman–Crippen LogP) is 5.36. The highest BCUT2D eigenvalue weighted by atomic mass is 32.1. The summed E-state index contributed by atoms with van der Waals surface area (Å²) in [6.45, 7) is 0.363. The number of nitrogens with zero attached hydrogens (tertiary/aromatic N) is 2. The molecule has 2 aromatic carbocycles. The van der Waals surface area contributed by atoms with Gasteiger partial charge in [-0.2, -0.15) is 0 Å². The largest absolute Gasteiger partial charge is 0.493 e. The number of ether oxygens (including phenoxy) is 2. The van der Waals surface area contributed by atoms with Gasteiger partial charge in [-0.1, -0.05) is 42.5 Å². The summed E-state index contributed by atoms with van der Waals surface area (Å²) >= 11 is 1.32. The molecule has 0 radical (unpaired) electrons. The Morgan fingerprint density at radius 1 is 1.03 bits per heavy atom. The first-order chi connectivity index (χ1) is 15.1. The third-order valence-corrected chi connectivity index (χ3v) is 5.90. The van der Waals surface area contributed by atoms with Gasteiger partial charge in [-0.25, -0.2) is 4.98 Å². The number of hydrogen-bond acceptors (Lipinski definition) is 6. The fraction of sp³-hybridized carbons (Fsp3) is 0.167. The third-order valence-electron chi connectivity index (χ3n) is 4.84. The van der Waals surface area contributed by atoms with Crippen molar-refractivity contribution >= 4 is 17.2 Å². The minimum atomic E-state index is -0.126. The van der Waals surface area contributed by atoms with Crippen LogP contribution < -0.4 is 9.47 Å². The van der Waals surface area contributed by atoms with E-state index in [9.17, 15) is 4.79 Å². The summed E-state index contributed by atoms with van der Waals surface area (Å²) in [5, 5.41) is 0.666. The molecule has 0 bridgehead atoms. The van der Waals surface area contributed by atoms with Crippen LogP contribution in [0.5, 0.6) is 11.5 Å². The van der Waals surface area contributed by atoms with Crippen LogP contribution in [-0.2, 0) is 6.54 Å². The summed E-state index contributed by atoms with van der Waals surface area (Å²) in [5.74, 6) is 1.76. The Kier molecular flexibility index (Phi) is 6.04. The molecule has 4 aromatic rings. The van der Waals surface area contributed by atoms with Gasteiger partial charge >= 0.3 is 0 Å². The van der Waals surface area contributed by atoms with Crippen LogP contribution in [-0.4, -0.2) is 37.1 Å². The summed E-state index contributed by atoms with van der Waals surface area (Å²) in [7, 11) is 4.95. The first kappa shape index (κ1) is 20.7. The molecule has 0 fully saturated rings. The summed E-state index contributed by atoms with van der Waals surface area (Å²) in [6, 6.07) is 19.0. The molecule has 2 heterocycles. The average molecular weight is 435 g/mol. The Morgan fingerprint density at radius 2 is 1.84 bits per heavy atom. The van der Waals surface area contributed by atoms with E-state index in [1.807, 2.05) is 60.7 Å². The van der Waals surface area contributed by atoms with Gasteiger partial charge in [0, 0.05) is 24.7 Å². The van der Waals surface area contributed by atoms with E-state index in [1.165, 1.54) is 11.3 Å². The van der Waals surface area contributed by atoms with Crippen LogP contribution in [0.1, 0.15) is 15.2 Å². The molecule has 0 aliphatic heterocycles. The lowest BCUT2D eigenvalue weighted by Gasteiger charge is -2.19. The number of methoxy groups -OCH3 is 2. The molecule has 0 atom stereocenters. The van der Waals surface area contributed by atoms with Crippen LogP contribution in [0.4, 0.5) is 0 Å². The number of rotatable bonds is 7. The summed E-state index contributed by atoms with van der Waals surface area (Å²) in [6.07, 6.45) is 1.60. The molecule has 31 heavy (non-hydrogen) atoms. The van der Waals surface area contributed by atoms with E-state index in [0.717, 1.165) is 11.1 Å². The number of carbonyl (C=O) groups is 1. The van der Waals surface area contributed by atoms with Crippen molar-refractivity contribution in [1.29, 1.82) is 0 Å². The Labute approximate surface area is 184 Å². The molecule has 7 heteroatoms. The molecular weight excluding hydrogens is 412 g/mol. The van der Waals surface area contributed by atoms with Crippen molar-refractivity contribution in [2.75, 3.05) is 21.3 Å². The number of hydrogen-bond donors (Lipinski definition) is 0. The Bertz CT molecular complexity index is 1170. The third kappa shape index (κ3) is 4.18. The number of para-hydroxylation sites is 1. The van der Waals surface area contributed by atoms with Crippen molar-refractivity contribution in [3.05, 3.63) is 77.4 Å². The van der Waals surface area contributed by atoms with E-state index in [1.54, 1.807) is 32.4 Å². The minimum absolute atomic E-state index is 0.126. The van der Waals surface area contributed by atoms with Crippen LogP contribution in [0.2, 0.25) is 0 Å². The molecule has 1 amide bonds. The SMILES string of the molecule is COc1cccc(CN(C)C(=O)c2sc(-c3ccco3)nc2-c2ccccc2)c1OC. The predicted molar refractivity (Wildman–Crippen MR) is 121 cm³/mol. The molecular formula is C24H22N2O4S. The number of benzene rings is 2. The van der Waals surface area contributed by atoms with E-state index in [0.29, 0.717) is 39.4 Å². The summed E-state index contributed by atoms with van der Waals surface area (Å²) in [5.41, 5.74) is 2.38. The second kappa shape index (κ2) is 9.06. The second-order valence-corrected chi connectivity index (χ2v) is 7.85. The zero-order valence-electron chi connectivity index (χ0n) is 17.5. The van der Waals surface area contributed by atoms with Gasteiger partial charge < -0.3 is 18.8 Å². The Hall–Kier alpha value is -3.58.